The highest BCUT2D eigenvalue weighted by molar-refractivity contribution is 6.10. The number of H-pyrrole nitrogens is 1. The van der Waals surface area contributed by atoms with Crippen molar-refractivity contribution in [1.82, 2.24) is 10.3 Å². The number of aromatic nitrogens is 1. The lowest BCUT2D eigenvalue weighted by Crippen LogP contribution is -2.55. The number of rotatable bonds is 2. The molecule has 1 fully saturated rings. The van der Waals surface area contributed by atoms with Crippen molar-refractivity contribution in [1.29, 1.82) is 0 Å². The molecular weight excluding hydrogens is 492 g/mol. The maximum absolute atomic E-state index is 14.2. The van der Waals surface area contributed by atoms with Crippen molar-refractivity contribution in [3.63, 3.8) is 0 Å². The molecule has 2 heterocycles. The van der Waals surface area contributed by atoms with E-state index in [9.17, 15) is 24.6 Å². The predicted octanol–water partition coefficient (Wildman–Crippen LogP) is 3.96. The Bertz CT molecular complexity index is 1410. The molecule has 3 aliphatic rings. The molecule has 1 aromatic carbocycles. The summed E-state index contributed by atoms with van der Waals surface area (Å²) in [7, 11) is 0. The maximum Gasteiger partial charge on any atom is 0.235 e. The molecule has 0 radical (unpaired) electrons. The van der Waals surface area contributed by atoms with Gasteiger partial charge in [0.05, 0.1) is 6.10 Å². The van der Waals surface area contributed by atoms with Crippen molar-refractivity contribution in [3.05, 3.63) is 71.0 Å². The first-order valence-electron chi connectivity index (χ1n) is 13.9. The Kier molecular flexibility index (Phi) is 7.25. The van der Waals surface area contributed by atoms with E-state index in [1.54, 1.807) is 6.92 Å². The number of aliphatic hydroxyl groups is 2. The zero-order valence-electron chi connectivity index (χ0n) is 23.0. The van der Waals surface area contributed by atoms with Gasteiger partial charge < -0.3 is 20.5 Å². The number of allylic oxidation sites excluding steroid dienone is 2. The lowest BCUT2D eigenvalue weighted by molar-refractivity contribution is -0.148. The number of Topliss-reactive ketones (excluding diaryl/α,β-unsaturated/α-hetero) is 2. The van der Waals surface area contributed by atoms with E-state index in [4.69, 9.17) is 0 Å². The smallest absolute Gasteiger partial charge is 0.235 e. The minimum Gasteiger partial charge on any atom is -0.388 e. The van der Waals surface area contributed by atoms with Crippen molar-refractivity contribution in [2.75, 3.05) is 0 Å². The van der Waals surface area contributed by atoms with E-state index < -0.39 is 35.2 Å². The van der Waals surface area contributed by atoms with E-state index in [2.05, 4.69) is 10.3 Å². The Morgan fingerprint density at radius 2 is 1.79 bits per heavy atom. The number of carbonyl (C=O) groups excluding carboxylic acids is 3. The second-order valence-electron chi connectivity index (χ2n) is 11.7. The standard InChI is InChI=1S/C32H38N2O5/c1-17-8-7-10-23-30(38)20(4)19(3)28-25(15-21-16-33-24-11-6-5-9-22(21)24)34-31(39)32(23,28)27(36)13-12-26(35)29(37)18(2)14-17/h5-7,9-11,14,16-17,23,25-26,28,30,33,35,38H,8,12-13,15H2,1-4H3,(H,34,39)/b10-7?,18-14-/t17-,23-,25-,26-,28-,30+,32+/m0/s1. The van der Waals surface area contributed by atoms with Gasteiger partial charge in [0.15, 0.2) is 5.78 Å². The van der Waals surface area contributed by atoms with Crippen molar-refractivity contribution in [2.45, 2.75) is 71.6 Å². The van der Waals surface area contributed by atoms with Crippen LogP contribution in [0.1, 0.15) is 52.5 Å². The summed E-state index contributed by atoms with van der Waals surface area (Å²) in [5.41, 5.74) is 2.61. The van der Waals surface area contributed by atoms with Crippen LogP contribution in [-0.4, -0.2) is 50.9 Å². The minimum atomic E-state index is -1.53. The number of nitrogens with one attached hydrogen (secondary N) is 2. The van der Waals surface area contributed by atoms with E-state index in [1.165, 1.54) is 0 Å². The minimum absolute atomic E-state index is 0.00624. The molecule has 2 aliphatic carbocycles. The van der Waals surface area contributed by atoms with Gasteiger partial charge in [-0.05, 0) is 68.7 Å². The van der Waals surface area contributed by atoms with Gasteiger partial charge in [-0.25, -0.2) is 0 Å². The summed E-state index contributed by atoms with van der Waals surface area (Å²) < 4.78 is 0. The van der Waals surface area contributed by atoms with Gasteiger partial charge in [0.25, 0.3) is 0 Å². The van der Waals surface area contributed by atoms with Crippen LogP contribution < -0.4 is 5.32 Å². The molecule has 1 saturated heterocycles. The Hall–Kier alpha value is -3.29. The molecule has 1 aliphatic heterocycles. The van der Waals surface area contributed by atoms with Gasteiger partial charge in [-0.15, -0.1) is 0 Å². The Balaban J connectivity index is 1.61. The molecule has 0 saturated carbocycles. The topological polar surface area (TPSA) is 119 Å². The third-order valence-corrected chi connectivity index (χ3v) is 9.28. The van der Waals surface area contributed by atoms with Crippen molar-refractivity contribution >= 4 is 28.4 Å². The van der Waals surface area contributed by atoms with E-state index >= 15 is 0 Å². The average Bonchev–Trinajstić information content (AvgIpc) is 3.45. The quantitative estimate of drug-likeness (QED) is 0.346. The zero-order chi connectivity index (χ0) is 28.1. The SMILES string of the molecule is CC1=C(C)[C@H]2[C@H](Cc3c[nH]c4ccccc34)NC(=O)[C@]23C(=O)CC[C@H](O)C(=O)/C(C)=C\[C@@H](C)CC=C[C@H]3[C@@H]1O. The molecule has 1 aromatic heterocycles. The Morgan fingerprint density at radius 3 is 2.56 bits per heavy atom. The van der Waals surface area contributed by atoms with E-state index in [-0.39, 0.29) is 36.5 Å². The first kappa shape index (κ1) is 27.3. The molecule has 7 nitrogen and oxygen atoms in total. The second-order valence-corrected chi connectivity index (χ2v) is 11.7. The number of ketones is 2. The van der Waals surface area contributed by atoms with Crippen LogP contribution in [0.15, 0.2) is 65.4 Å². The van der Waals surface area contributed by atoms with Crippen LogP contribution in [0.4, 0.5) is 0 Å². The van der Waals surface area contributed by atoms with Crippen molar-refractivity contribution in [2.24, 2.45) is 23.2 Å². The summed E-state index contributed by atoms with van der Waals surface area (Å²) in [4.78, 5) is 44.4. The number of aromatic amines is 1. The van der Waals surface area contributed by atoms with Crippen molar-refractivity contribution in [3.8, 4) is 0 Å². The highest BCUT2D eigenvalue weighted by Gasteiger charge is 2.66. The van der Waals surface area contributed by atoms with Crippen LogP contribution in [-0.2, 0) is 20.8 Å². The molecule has 0 bridgehead atoms. The fraction of sp³-hybridized carbons (Fsp3) is 0.469. The summed E-state index contributed by atoms with van der Waals surface area (Å²) in [5.74, 6) is -2.34. The molecular formula is C32H38N2O5. The summed E-state index contributed by atoms with van der Waals surface area (Å²) in [6, 6.07) is 7.63. The highest BCUT2D eigenvalue weighted by atomic mass is 16.3. The molecule has 39 heavy (non-hydrogen) atoms. The van der Waals surface area contributed by atoms with Crippen LogP contribution in [0.3, 0.4) is 0 Å². The zero-order valence-corrected chi connectivity index (χ0v) is 23.0. The van der Waals surface area contributed by atoms with Gasteiger partial charge in [-0.2, -0.15) is 0 Å². The molecule has 1 spiro atoms. The summed E-state index contributed by atoms with van der Waals surface area (Å²) >= 11 is 0. The normalized spacial score (nSPS) is 35.4. The van der Waals surface area contributed by atoms with Crippen molar-refractivity contribution < 1.29 is 24.6 Å². The number of hydrogen-bond acceptors (Lipinski definition) is 5. The second kappa shape index (κ2) is 10.4. The molecule has 206 valence electrons. The summed E-state index contributed by atoms with van der Waals surface area (Å²) in [6.07, 6.45) is 6.11. The number of para-hydroxylation sites is 1. The Morgan fingerprint density at radius 1 is 1.05 bits per heavy atom. The fourth-order valence-corrected chi connectivity index (χ4v) is 7.16. The molecule has 0 unspecified atom stereocenters. The maximum atomic E-state index is 14.2. The van der Waals surface area contributed by atoms with Crippen LogP contribution in [0.5, 0.6) is 0 Å². The molecule has 4 N–H and O–H groups in total. The Labute approximate surface area is 229 Å². The van der Waals surface area contributed by atoms with Crippen LogP contribution >= 0.6 is 0 Å². The number of carbonyl (C=O) groups is 3. The number of hydrogen-bond donors (Lipinski definition) is 4. The van der Waals surface area contributed by atoms with Gasteiger partial charge in [-0.3, -0.25) is 14.4 Å². The van der Waals surface area contributed by atoms with Crippen LogP contribution in [0.25, 0.3) is 10.9 Å². The third-order valence-electron chi connectivity index (χ3n) is 9.28. The third kappa shape index (κ3) is 4.42. The average molecular weight is 531 g/mol. The first-order valence-corrected chi connectivity index (χ1v) is 13.9. The van der Waals surface area contributed by atoms with Crippen LogP contribution in [0, 0.1) is 23.2 Å². The number of aliphatic hydroxyl groups excluding tert-OH is 2. The van der Waals surface area contributed by atoms with Gasteiger partial charge in [0.1, 0.15) is 17.3 Å². The molecule has 7 atom stereocenters. The monoisotopic (exact) mass is 530 g/mol. The van der Waals surface area contributed by atoms with Gasteiger partial charge in [0, 0.05) is 41.4 Å². The van der Waals surface area contributed by atoms with Gasteiger partial charge in [0.2, 0.25) is 5.91 Å². The largest absolute Gasteiger partial charge is 0.388 e. The van der Waals surface area contributed by atoms with Crippen LogP contribution in [0.2, 0.25) is 0 Å². The summed E-state index contributed by atoms with van der Waals surface area (Å²) in [6.45, 7) is 7.45. The van der Waals surface area contributed by atoms with E-state index in [0.717, 1.165) is 27.6 Å². The number of benzene rings is 1. The predicted molar refractivity (Wildman–Crippen MR) is 150 cm³/mol. The van der Waals surface area contributed by atoms with E-state index in [0.29, 0.717) is 18.4 Å². The summed E-state index contributed by atoms with van der Waals surface area (Å²) in [5, 5.41) is 26.4. The number of amides is 1. The van der Waals surface area contributed by atoms with Gasteiger partial charge >= 0.3 is 0 Å². The molecule has 5 rings (SSSR count). The highest BCUT2D eigenvalue weighted by Crippen LogP contribution is 2.55. The van der Waals surface area contributed by atoms with E-state index in [1.807, 2.05) is 69.5 Å². The molecule has 7 heteroatoms. The molecule has 2 aromatic rings. The molecule has 1 amide bonds. The lowest BCUT2D eigenvalue weighted by atomic mass is 9.54. The first-order chi connectivity index (χ1) is 18.6. The number of fused-ring (bicyclic) bond motifs is 1. The van der Waals surface area contributed by atoms with Gasteiger partial charge in [-0.1, -0.05) is 48.9 Å². The fourth-order valence-electron chi connectivity index (χ4n) is 7.16. The lowest BCUT2D eigenvalue weighted by Gasteiger charge is -2.46.